The van der Waals surface area contributed by atoms with Gasteiger partial charge in [0.05, 0.1) is 0 Å². The molecule has 1 rings (SSSR count). The molecule has 0 unspecified atom stereocenters. The molecular weight excluding hydrogens is 257 g/mol. The van der Waals surface area contributed by atoms with Crippen molar-refractivity contribution < 1.29 is 35.8 Å². The molecule has 0 heterocycles. The predicted molar refractivity (Wildman–Crippen MR) is 43.0 cm³/mol. The van der Waals surface area contributed by atoms with Crippen molar-refractivity contribution in [2.24, 2.45) is 0 Å². The second kappa shape index (κ2) is 3.78. The van der Waals surface area contributed by atoms with Crippen molar-refractivity contribution in [2.75, 3.05) is 0 Å². The Bertz CT molecular complexity index is 410. The highest BCUT2D eigenvalue weighted by atomic mass is 19.4. The maximum absolute atomic E-state index is 13.0. The summed E-state index contributed by atoms with van der Waals surface area (Å²) in [4.78, 5) is 0. The Kier molecular flexibility index (Phi) is 3.02. The van der Waals surface area contributed by atoms with Gasteiger partial charge in [0.1, 0.15) is 5.75 Å². The van der Waals surface area contributed by atoms with Crippen LogP contribution in [0.25, 0.3) is 0 Å². The lowest BCUT2D eigenvalue weighted by molar-refractivity contribution is -0.359. The van der Waals surface area contributed by atoms with Gasteiger partial charge in [-0.1, -0.05) is 12.1 Å². The van der Waals surface area contributed by atoms with Crippen LogP contribution in [0.4, 0.5) is 30.7 Å². The molecule has 0 amide bonds. The predicted octanol–water partition coefficient (Wildman–Crippen LogP) is 3.68. The number of phenolic OH excluding ortho intramolecular Hbond substituents is 1. The van der Waals surface area contributed by atoms with Gasteiger partial charge in [-0.25, -0.2) is 0 Å². The van der Waals surface area contributed by atoms with Crippen LogP contribution in [-0.2, 0) is 5.92 Å². The van der Waals surface area contributed by atoms with Crippen molar-refractivity contribution in [1.29, 1.82) is 0 Å². The summed E-state index contributed by atoms with van der Waals surface area (Å²) in [6.07, 6.45) is -6.39. The fourth-order valence-corrected chi connectivity index (χ4v) is 1.06. The molecule has 0 aliphatic carbocycles. The Morgan fingerprint density at radius 2 is 1.41 bits per heavy atom. The topological polar surface area (TPSA) is 20.2 Å². The molecule has 0 atom stereocenters. The van der Waals surface area contributed by atoms with Crippen molar-refractivity contribution in [3.05, 3.63) is 29.8 Å². The van der Waals surface area contributed by atoms with E-state index in [1.165, 1.54) is 0 Å². The van der Waals surface area contributed by atoms with Crippen LogP contribution >= 0.6 is 0 Å². The highest BCUT2D eigenvalue weighted by Gasteiger charge is 2.73. The van der Waals surface area contributed by atoms with Crippen LogP contribution in [0, 0.1) is 0 Å². The zero-order chi connectivity index (χ0) is 13.5. The summed E-state index contributed by atoms with van der Waals surface area (Å²) >= 11 is 0. The third-order valence-corrected chi connectivity index (χ3v) is 1.96. The molecule has 1 nitrogen and oxygen atoms in total. The molecule has 0 aliphatic rings. The lowest BCUT2D eigenvalue weighted by atomic mass is 10.0. The molecule has 96 valence electrons. The Balaban J connectivity index is 3.28. The van der Waals surface area contributed by atoms with Crippen molar-refractivity contribution in [3.63, 3.8) is 0 Å². The van der Waals surface area contributed by atoms with E-state index < -0.39 is 29.3 Å². The van der Waals surface area contributed by atoms with Gasteiger partial charge in [0.15, 0.2) is 0 Å². The summed E-state index contributed by atoms with van der Waals surface area (Å²) in [7, 11) is 0. The average Bonchev–Trinajstić information content (AvgIpc) is 2.15. The standard InChI is InChI=1S/C9H5F7O/c10-7(11,8(12,13)9(14,15)16)5-2-1-3-6(17)4-5/h1-4,17H. The monoisotopic (exact) mass is 262 g/mol. The minimum Gasteiger partial charge on any atom is -0.508 e. The third kappa shape index (κ3) is 2.16. The van der Waals surface area contributed by atoms with E-state index >= 15 is 0 Å². The molecule has 0 spiro atoms. The second-order valence-electron chi connectivity index (χ2n) is 3.20. The number of hydrogen-bond acceptors (Lipinski definition) is 1. The summed E-state index contributed by atoms with van der Waals surface area (Å²) < 4.78 is 86.7. The van der Waals surface area contributed by atoms with Gasteiger partial charge in [-0.05, 0) is 12.1 Å². The first kappa shape index (κ1) is 13.6. The minimum atomic E-state index is -6.39. The van der Waals surface area contributed by atoms with Gasteiger partial charge in [-0.2, -0.15) is 30.7 Å². The fourth-order valence-electron chi connectivity index (χ4n) is 1.06. The highest BCUT2D eigenvalue weighted by Crippen LogP contribution is 2.51. The number of hydrogen-bond donors (Lipinski definition) is 1. The first-order chi connectivity index (χ1) is 7.50. The Morgan fingerprint density at radius 1 is 0.882 bits per heavy atom. The number of phenols is 1. The summed E-state index contributed by atoms with van der Waals surface area (Å²) in [5.74, 6) is -12.5. The molecule has 1 N–H and O–H groups in total. The molecule has 0 aliphatic heterocycles. The zero-order valence-electron chi connectivity index (χ0n) is 7.90. The van der Waals surface area contributed by atoms with Crippen molar-refractivity contribution in [2.45, 2.75) is 18.0 Å². The molecular formula is C9H5F7O. The van der Waals surface area contributed by atoms with E-state index in [4.69, 9.17) is 5.11 Å². The quantitative estimate of drug-likeness (QED) is 0.806. The van der Waals surface area contributed by atoms with Crippen LogP contribution in [0.15, 0.2) is 24.3 Å². The van der Waals surface area contributed by atoms with Crippen LogP contribution < -0.4 is 0 Å². The maximum atomic E-state index is 13.0. The molecule has 0 saturated carbocycles. The van der Waals surface area contributed by atoms with Gasteiger partial charge in [-0.15, -0.1) is 0 Å². The normalized spacial score (nSPS) is 13.8. The van der Waals surface area contributed by atoms with Crippen molar-refractivity contribution >= 4 is 0 Å². The summed E-state index contributed by atoms with van der Waals surface area (Å²) in [5.41, 5.74) is -1.61. The number of benzene rings is 1. The number of aromatic hydroxyl groups is 1. The number of rotatable bonds is 2. The Morgan fingerprint density at radius 3 is 1.82 bits per heavy atom. The van der Waals surface area contributed by atoms with Crippen LogP contribution in [0.1, 0.15) is 5.56 Å². The van der Waals surface area contributed by atoms with E-state index in [2.05, 4.69) is 0 Å². The smallest absolute Gasteiger partial charge is 0.460 e. The van der Waals surface area contributed by atoms with Gasteiger partial charge >= 0.3 is 18.0 Å². The molecule has 0 radical (unpaired) electrons. The van der Waals surface area contributed by atoms with Gasteiger partial charge in [0.2, 0.25) is 0 Å². The van der Waals surface area contributed by atoms with E-state index in [1.807, 2.05) is 0 Å². The molecule has 0 saturated heterocycles. The van der Waals surface area contributed by atoms with E-state index in [-0.39, 0.29) is 6.07 Å². The van der Waals surface area contributed by atoms with Gasteiger partial charge in [0.25, 0.3) is 0 Å². The minimum absolute atomic E-state index is 0.152. The van der Waals surface area contributed by atoms with Gasteiger partial charge in [-0.3, -0.25) is 0 Å². The lowest BCUT2D eigenvalue weighted by Gasteiger charge is -2.28. The van der Waals surface area contributed by atoms with Crippen LogP contribution in [-0.4, -0.2) is 17.2 Å². The third-order valence-electron chi connectivity index (χ3n) is 1.96. The Labute approximate surface area is 90.5 Å². The first-order valence-corrected chi connectivity index (χ1v) is 4.12. The van der Waals surface area contributed by atoms with Gasteiger partial charge < -0.3 is 5.11 Å². The molecule has 0 bridgehead atoms. The Hall–Kier alpha value is -1.47. The largest absolute Gasteiger partial charge is 0.508 e. The van der Waals surface area contributed by atoms with Crippen LogP contribution in [0.2, 0.25) is 0 Å². The molecule has 0 fully saturated rings. The van der Waals surface area contributed by atoms with E-state index in [0.717, 1.165) is 12.1 Å². The average molecular weight is 262 g/mol. The number of alkyl halides is 7. The van der Waals surface area contributed by atoms with E-state index in [0.29, 0.717) is 6.07 Å². The molecule has 17 heavy (non-hydrogen) atoms. The zero-order valence-corrected chi connectivity index (χ0v) is 7.90. The SMILES string of the molecule is Oc1cccc(C(F)(F)C(F)(F)C(F)(F)F)c1. The van der Waals surface area contributed by atoms with E-state index in [1.54, 1.807) is 0 Å². The van der Waals surface area contributed by atoms with Crippen molar-refractivity contribution in [1.82, 2.24) is 0 Å². The van der Waals surface area contributed by atoms with E-state index in [9.17, 15) is 30.7 Å². The summed E-state index contributed by atoms with van der Waals surface area (Å²) in [5, 5.41) is 8.79. The van der Waals surface area contributed by atoms with Crippen LogP contribution in [0.5, 0.6) is 5.75 Å². The molecule has 1 aromatic rings. The van der Waals surface area contributed by atoms with Crippen LogP contribution in [0.3, 0.4) is 0 Å². The first-order valence-electron chi connectivity index (χ1n) is 4.12. The fraction of sp³-hybridized carbons (Fsp3) is 0.333. The van der Waals surface area contributed by atoms with Gasteiger partial charge in [0, 0.05) is 5.56 Å². The summed E-state index contributed by atoms with van der Waals surface area (Å²) in [6.45, 7) is 0. The second-order valence-corrected chi connectivity index (χ2v) is 3.20. The molecule has 8 heteroatoms. The lowest BCUT2D eigenvalue weighted by Crippen LogP contribution is -2.49. The molecule has 0 aromatic heterocycles. The maximum Gasteiger partial charge on any atom is 0.460 e. The number of halogens is 7. The summed E-state index contributed by atoms with van der Waals surface area (Å²) in [6, 6.07) is 2.13. The highest BCUT2D eigenvalue weighted by molar-refractivity contribution is 5.31. The molecule has 1 aromatic carbocycles. The van der Waals surface area contributed by atoms with Crippen molar-refractivity contribution in [3.8, 4) is 5.75 Å².